The molecule has 0 aliphatic carbocycles. The highest BCUT2D eigenvalue weighted by molar-refractivity contribution is 5.95. The van der Waals surface area contributed by atoms with E-state index in [2.05, 4.69) is 30.9 Å². The minimum Gasteiger partial charge on any atom is -0.444 e. The molecule has 0 saturated heterocycles. The van der Waals surface area contributed by atoms with E-state index >= 15 is 0 Å². The summed E-state index contributed by atoms with van der Waals surface area (Å²) >= 11 is 0. The third kappa shape index (κ3) is 10.1. The van der Waals surface area contributed by atoms with Gasteiger partial charge in [-0.15, -0.1) is 0 Å². The Hall–Kier alpha value is -5.39. The number of fused-ring (bicyclic) bond motifs is 1. The largest absolute Gasteiger partial charge is 0.444 e. The zero-order valence-corrected chi connectivity index (χ0v) is 26.4. The van der Waals surface area contributed by atoms with Crippen molar-refractivity contribution in [1.82, 2.24) is 25.9 Å². The van der Waals surface area contributed by atoms with Gasteiger partial charge < -0.3 is 37.1 Å². The molecule has 46 heavy (non-hydrogen) atoms. The van der Waals surface area contributed by atoms with Crippen LogP contribution < -0.4 is 27.4 Å². The Balaban J connectivity index is 1.54. The molecule has 0 spiro atoms. The molecule has 0 bridgehead atoms. The van der Waals surface area contributed by atoms with Gasteiger partial charge in [-0.25, -0.2) is 9.78 Å². The van der Waals surface area contributed by atoms with Gasteiger partial charge in [0.15, 0.2) is 5.96 Å². The second-order valence-corrected chi connectivity index (χ2v) is 11.9. The van der Waals surface area contributed by atoms with Gasteiger partial charge in [0.05, 0.1) is 0 Å². The highest BCUT2D eigenvalue weighted by atomic mass is 16.6. The molecule has 0 aliphatic rings. The highest BCUT2D eigenvalue weighted by Gasteiger charge is 2.29. The molecular formula is C34H42N8O4. The van der Waals surface area contributed by atoms with Crippen LogP contribution in [0.2, 0.25) is 0 Å². The summed E-state index contributed by atoms with van der Waals surface area (Å²) in [6.45, 7) is 5.76. The fourth-order valence-electron chi connectivity index (χ4n) is 4.86. The third-order valence-electron chi connectivity index (χ3n) is 6.99. The number of amides is 3. The van der Waals surface area contributed by atoms with E-state index in [0.717, 1.165) is 21.9 Å². The lowest BCUT2D eigenvalue weighted by Gasteiger charge is -2.25. The zero-order chi connectivity index (χ0) is 33.1. The fraction of sp³-hybridized carbons (Fsp3) is 0.324. The summed E-state index contributed by atoms with van der Waals surface area (Å²) in [5.74, 6) is -0.370. The molecule has 0 unspecified atom stereocenters. The first-order chi connectivity index (χ1) is 22.0. The van der Waals surface area contributed by atoms with E-state index in [1.165, 1.54) is 0 Å². The van der Waals surface area contributed by atoms with Crippen LogP contribution in [-0.2, 0) is 27.3 Å². The van der Waals surface area contributed by atoms with Crippen molar-refractivity contribution in [3.05, 3.63) is 90.3 Å². The summed E-state index contributed by atoms with van der Waals surface area (Å²) in [5.41, 5.74) is 12.5. The Morgan fingerprint density at radius 1 is 0.913 bits per heavy atom. The number of nitrogens with one attached hydrogen (secondary N) is 4. The average Bonchev–Trinajstić information content (AvgIpc) is 3.48. The molecule has 4 rings (SSSR count). The minimum absolute atomic E-state index is 0.0573. The molecule has 0 fully saturated rings. The molecule has 0 radical (unpaired) electrons. The van der Waals surface area contributed by atoms with Crippen LogP contribution in [-0.4, -0.2) is 58.1 Å². The summed E-state index contributed by atoms with van der Waals surface area (Å²) in [5, 5.41) is 10.5. The lowest BCUT2D eigenvalue weighted by Crippen LogP contribution is -2.55. The molecule has 1 heterocycles. The number of hydrogen-bond donors (Lipinski definition) is 6. The molecule has 12 heteroatoms. The van der Waals surface area contributed by atoms with Crippen molar-refractivity contribution in [1.29, 1.82) is 0 Å². The minimum atomic E-state index is -1.09. The number of carbonyl (C=O) groups excluding carboxylic acids is 3. The van der Waals surface area contributed by atoms with Gasteiger partial charge >= 0.3 is 6.09 Å². The molecule has 12 nitrogen and oxygen atoms in total. The Bertz CT molecular complexity index is 1650. The highest BCUT2D eigenvalue weighted by Crippen LogP contribution is 2.26. The quantitative estimate of drug-likeness (QED) is 0.0743. The van der Waals surface area contributed by atoms with Crippen molar-refractivity contribution in [2.24, 2.45) is 16.5 Å². The molecule has 0 saturated carbocycles. The summed E-state index contributed by atoms with van der Waals surface area (Å²) in [4.78, 5) is 51.7. The molecular weight excluding hydrogens is 584 g/mol. The van der Waals surface area contributed by atoms with Crippen LogP contribution >= 0.6 is 0 Å². The molecule has 8 N–H and O–H groups in total. The molecule has 0 aliphatic heterocycles. The monoisotopic (exact) mass is 626 g/mol. The van der Waals surface area contributed by atoms with Gasteiger partial charge in [0, 0.05) is 37.0 Å². The third-order valence-corrected chi connectivity index (χ3v) is 6.99. The van der Waals surface area contributed by atoms with Crippen LogP contribution in [0.25, 0.3) is 22.2 Å². The molecule has 242 valence electrons. The fourth-order valence-corrected chi connectivity index (χ4v) is 4.86. The number of hydrogen-bond acceptors (Lipinski definition) is 6. The van der Waals surface area contributed by atoms with Crippen LogP contribution in [0.5, 0.6) is 0 Å². The Labute approximate surface area is 268 Å². The zero-order valence-electron chi connectivity index (χ0n) is 26.4. The number of H-pyrrole nitrogens is 1. The normalized spacial score (nSPS) is 12.5. The summed E-state index contributed by atoms with van der Waals surface area (Å²) < 4.78 is 5.45. The lowest BCUT2D eigenvalue weighted by molar-refractivity contribution is -0.130. The summed E-state index contributed by atoms with van der Waals surface area (Å²) in [6.07, 6.45) is 1.63. The number of guanidine groups is 1. The maximum Gasteiger partial charge on any atom is 0.408 e. The molecule has 4 aromatic rings. The number of alkyl carbamates (subject to hydrolysis) is 1. The Morgan fingerprint density at radius 2 is 1.63 bits per heavy atom. The second kappa shape index (κ2) is 15.6. The van der Waals surface area contributed by atoms with Gasteiger partial charge in [-0.2, -0.15) is 0 Å². The maximum absolute atomic E-state index is 13.8. The molecule has 1 aromatic heterocycles. The predicted octanol–water partition coefficient (Wildman–Crippen LogP) is 3.52. The van der Waals surface area contributed by atoms with E-state index in [-0.39, 0.29) is 37.8 Å². The van der Waals surface area contributed by atoms with Gasteiger partial charge in [-0.05, 0) is 49.9 Å². The van der Waals surface area contributed by atoms with Crippen LogP contribution in [0.15, 0.2) is 84.0 Å². The van der Waals surface area contributed by atoms with Crippen LogP contribution in [0.1, 0.15) is 44.9 Å². The van der Waals surface area contributed by atoms with E-state index in [9.17, 15) is 14.4 Å². The standard InChI is InChI=1S/C34H42N8O4/c1-34(2,3)46-33(45)42-28(19-24-21-38-29(40-24)26-16-9-14-23-13-7-8-15-25(23)26)31(44)41-27(17-10-18-37-32(35)36)30(43)39-20-22-11-5-4-6-12-22/h4-9,11-16,21,27-28H,10,17-20H2,1-3H3,(H,38,40)(H,39,43)(H,41,44)(H,42,45)(H4,35,36,37)/t27-,28-/m0/s1. The number of carbonyl (C=O) groups is 3. The number of benzene rings is 3. The van der Waals surface area contributed by atoms with Crippen molar-refractivity contribution < 1.29 is 19.1 Å². The number of imidazole rings is 1. The molecule has 3 aromatic carbocycles. The number of rotatable bonds is 13. The first kappa shape index (κ1) is 33.5. The van der Waals surface area contributed by atoms with Crippen molar-refractivity contribution in [2.45, 2.75) is 64.3 Å². The summed E-state index contributed by atoms with van der Waals surface area (Å²) in [7, 11) is 0. The molecule has 3 amide bonds. The van der Waals surface area contributed by atoms with Crippen molar-refractivity contribution in [2.75, 3.05) is 6.54 Å². The SMILES string of the molecule is CC(C)(C)OC(=O)N[C@@H](Cc1cnc(-c2cccc3ccccc23)[nH]1)C(=O)N[C@@H](CCCN=C(N)N)C(=O)NCc1ccccc1. The van der Waals surface area contributed by atoms with E-state index in [4.69, 9.17) is 16.2 Å². The van der Waals surface area contributed by atoms with Crippen molar-refractivity contribution in [3.8, 4) is 11.4 Å². The van der Waals surface area contributed by atoms with Gasteiger partial charge in [-0.1, -0.05) is 72.8 Å². The van der Waals surface area contributed by atoms with Gasteiger partial charge in [0.25, 0.3) is 0 Å². The average molecular weight is 627 g/mol. The van der Waals surface area contributed by atoms with E-state index in [1.54, 1.807) is 27.0 Å². The van der Waals surface area contributed by atoms with Gasteiger partial charge in [-0.3, -0.25) is 14.6 Å². The van der Waals surface area contributed by atoms with Crippen LogP contribution in [0, 0.1) is 0 Å². The Morgan fingerprint density at radius 3 is 2.37 bits per heavy atom. The van der Waals surface area contributed by atoms with E-state index in [0.29, 0.717) is 17.9 Å². The second-order valence-electron chi connectivity index (χ2n) is 11.9. The smallest absolute Gasteiger partial charge is 0.408 e. The Kier molecular flexibility index (Phi) is 11.3. The number of aromatic amines is 1. The first-order valence-corrected chi connectivity index (χ1v) is 15.2. The van der Waals surface area contributed by atoms with Gasteiger partial charge in [0.1, 0.15) is 23.5 Å². The van der Waals surface area contributed by atoms with Crippen molar-refractivity contribution >= 4 is 34.6 Å². The number of ether oxygens (including phenoxy) is 1. The summed E-state index contributed by atoms with van der Waals surface area (Å²) in [6, 6.07) is 21.4. The van der Waals surface area contributed by atoms with Gasteiger partial charge in [0.2, 0.25) is 11.8 Å². The van der Waals surface area contributed by atoms with Crippen molar-refractivity contribution in [3.63, 3.8) is 0 Å². The predicted molar refractivity (Wildman–Crippen MR) is 179 cm³/mol. The van der Waals surface area contributed by atoms with Crippen LogP contribution in [0.3, 0.4) is 0 Å². The first-order valence-electron chi connectivity index (χ1n) is 15.2. The van der Waals surface area contributed by atoms with E-state index in [1.807, 2.05) is 72.8 Å². The van der Waals surface area contributed by atoms with Crippen LogP contribution in [0.4, 0.5) is 4.79 Å². The van der Waals surface area contributed by atoms with E-state index < -0.39 is 29.7 Å². The topological polar surface area (TPSA) is 190 Å². The maximum atomic E-state index is 13.8. The lowest BCUT2D eigenvalue weighted by atomic mass is 10.0. The number of nitrogens with two attached hydrogens (primary N) is 2. The number of aromatic nitrogens is 2. The molecule has 2 atom stereocenters. The number of aliphatic imine (C=N–C) groups is 1. The number of nitrogens with zero attached hydrogens (tertiary/aromatic N) is 2.